The van der Waals surface area contributed by atoms with Gasteiger partial charge in [-0.25, -0.2) is 17.6 Å². The van der Waals surface area contributed by atoms with Crippen molar-refractivity contribution >= 4 is 35.5 Å². The molecule has 0 saturated heterocycles. The highest BCUT2D eigenvalue weighted by Gasteiger charge is 2.33. The van der Waals surface area contributed by atoms with Crippen LogP contribution < -0.4 is 9.80 Å². The summed E-state index contributed by atoms with van der Waals surface area (Å²) in [5.41, 5.74) is 1.69. The van der Waals surface area contributed by atoms with Gasteiger partial charge in [-0.2, -0.15) is 0 Å². The first-order valence-corrected chi connectivity index (χ1v) is 14.7. The predicted molar refractivity (Wildman–Crippen MR) is 161 cm³/mol. The van der Waals surface area contributed by atoms with Gasteiger partial charge in [0.1, 0.15) is 21.4 Å². The molecule has 2 aromatic carbocycles. The zero-order valence-electron chi connectivity index (χ0n) is 25.7. The third kappa shape index (κ3) is 11.4. The molecule has 0 amide bonds. The van der Waals surface area contributed by atoms with E-state index in [-0.39, 0.29) is 52.2 Å². The van der Waals surface area contributed by atoms with Crippen LogP contribution in [0.4, 0.5) is 55.3 Å². The van der Waals surface area contributed by atoms with Crippen molar-refractivity contribution in [3.8, 4) is 22.5 Å². The molecule has 0 atom stereocenters. The van der Waals surface area contributed by atoms with Gasteiger partial charge < -0.3 is 9.80 Å². The molecule has 0 spiro atoms. The third-order valence-corrected chi connectivity index (χ3v) is 7.29. The average molecular weight is 747 g/mol. The molecular formula is C29H24F10N4O4S2. The Morgan fingerprint density at radius 2 is 1.04 bits per heavy atom. The van der Waals surface area contributed by atoms with E-state index in [0.29, 0.717) is 0 Å². The number of pyridine rings is 2. The minimum absolute atomic E-state index is 0.0200. The second kappa shape index (κ2) is 16.7. The number of alkyl halides is 6. The Bertz CT molecular complexity index is 1750. The van der Waals surface area contributed by atoms with Crippen molar-refractivity contribution < 1.29 is 62.3 Å². The van der Waals surface area contributed by atoms with Crippen LogP contribution in [0.3, 0.4) is 0 Å². The summed E-state index contributed by atoms with van der Waals surface area (Å²) in [5, 5.41) is 0. The fraction of sp³-hybridized carbons (Fsp3) is 0.241. The lowest BCUT2D eigenvalue weighted by Gasteiger charge is -2.15. The van der Waals surface area contributed by atoms with E-state index in [2.05, 4.69) is 28.4 Å². The number of aromatic nitrogens is 2. The molecule has 0 bridgehead atoms. The average Bonchev–Trinajstić information content (AvgIpc) is 3.01. The standard InChI is InChI=1S/C15H13F5N2O2S.C14H11F5N2O2S/c1-8-6-10(11-7-9(22(2)3)4-5-21-11)13(17)14(12(8)16)25-24-23-15(18,19)20;1-21(2)8-5-6-20-11(7-8)9-3-4-10(15)13(12(9)16)24-23-22-14(17,18)19/h4-7H,1-3H3;3-7H,1-2H3. The maximum Gasteiger partial charge on any atom is 0.550 e. The number of aryl methyl sites for hydroxylation is 1. The van der Waals surface area contributed by atoms with Crippen molar-refractivity contribution in [3.63, 3.8) is 0 Å². The van der Waals surface area contributed by atoms with E-state index in [4.69, 9.17) is 0 Å². The first-order valence-electron chi connectivity index (χ1n) is 13.2. The summed E-state index contributed by atoms with van der Waals surface area (Å²) >= 11 is -0.407. The lowest BCUT2D eigenvalue weighted by atomic mass is 10.1. The molecule has 0 aliphatic heterocycles. The van der Waals surface area contributed by atoms with E-state index in [1.165, 1.54) is 25.4 Å². The lowest BCUT2D eigenvalue weighted by Crippen LogP contribution is -2.11. The molecule has 0 radical (unpaired) electrons. The van der Waals surface area contributed by atoms with E-state index >= 15 is 0 Å². The van der Waals surface area contributed by atoms with Gasteiger partial charge in [0.15, 0.2) is 11.6 Å². The fourth-order valence-corrected chi connectivity index (χ4v) is 4.78. The molecule has 20 heteroatoms. The summed E-state index contributed by atoms with van der Waals surface area (Å²) in [6.45, 7) is 1.35. The van der Waals surface area contributed by atoms with Gasteiger partial charge in [-0.1, -0.05) is 0 Å². The van der Waals surface area contributed by atoms with Crippen LogP contribution in [0.15, 0.2) is 64.6 Å². The van der Waals surface area contributed by atoms with Crippen LogP contribution in [0.2, 0.25) is 0 Å². The largest absolute Gasteiger partial charge is 0.550 e. The second-order valence-corrected chi connectivity index (χ2v) is 11.3. The first kappa shape index (κ1) is 39.6. The highest BCUT2D eigenvalue weighted by atomic mass is 32.2. The zero-order valence-corrected chi connectivity index (χ0v) is 27.3. The van der Waals surface area contributed by atoms with Crippen LogP contribution in [-0.4, -0.2) is 50.9 Å². The van der Waals surface area contributed by atoms with E-state index in [1.807, 2.05) is 0 Å². The molecule has 2 aromatic heterocycles. The van der Waals surface area contributed by atoms with Crippen molar-refractivity contribution in [3.05, 3.63) is 83.7 Å². The van der Waals surface area contributed by atoms with Crippen LogP contribution in [0.1, 0.15) is 5.56 Å². The molecule has 4 aromatic rings. The van der Waals surface area contributed by atoms with E-state index in [1.54, 1.807) is 62.3 Å². The highest BCUT2D eigenvalue weighted by Crippen LogP contribution is 2.37. The minimum atomic E-state index is -5.09. The van der Waals surface area contributed by atoms with Gasteiger partial charge in [-0.15, -0.1) is 44.8 Å². The third-order valence-electron chi connectivity index (χ3n) is 5.95. The van der Waals surface area contributed by atoms with Crippen LogP contribution >= 0.6 is 24.1 Å². The molecule has 0 aliphatic rings. The highest BCUT2D eigenvalue weighted by molar-refractivity contribution is 7.94. The number of hydrogen-bond acceptors (Lipinski definition) is 10. The summed E-state index contributed by atoms with van der Waals surface area (Å²) in [5.74, 6) is -4.33. The Labute approximate surface area is 281 Å². The normalized spacial score (nSPS) is 11.7. The smallest absolute Gasteiger partial charge is 0.378 e. The van der Waals surface area contributed by atoms with Gasteiger partial charge in [0.25, 0.3) is 0 Å². The second-order valence-electron chi connectivity index (χ2n) is 9.88. The van der Waals surface area contributed by atoms with Crippen LogP contribution in [0, 0.1) is 30.2 Å². The molecule has 0 aliphatic carbocycles. The number of benzene rings is 2. The van der Waals surface area contributed by atoms with Crippen LogP contribution in [0.5, 0.6) is 0 Å². The summed E-state index contributed by atoms with van der Waals surface area (Å²) in [6, 6.07) is 9.76. The maximum absolute atomic E-state index is 14.6. The van der Waals surface area contributed by atoms with Crippen molar-refractivity contribution in [2.75, 3.05) is 38.0 Å². The predicted octanol–water partition coefficient (Wildman–Crippen LogP) is 9.44. The summed E-state index contributed by atoms with van der Waals surface area (Å²) in [6.07, 6.45) is -7.30. The van der Waals surface area contributed by atoms with Gasteiger partial charge in [0.05, 0.1) is 35.5 Å². The van der Waals surface area contributed by atoms with Crippen molar-refractivity contribution in [1.29, 1.82) is 0 Å². The number of hydrogen-bond donors (Lipinski definition) is 0. The number of nitrogens with zero attached hydrogens (tertiary/aromatic N) is 4. The fourth-order valence-electron chi connectivity index (χ4n) is 3.68. The topological polar surface area (TPSA) is 69.2 Å². The number of halogens is 10. The molecule has 8 nitrogen and oxygen atoms in total. The number of anilines is 2. The summed E-state index contributed by atoms with van der Waals surface area (Å²) in [7, 11) is 7.08. The van der Waals surface area contributed by atoms with Gasteiger partial charge in [-0.3, -0.25) is 9.97 Å². The van der Waals surface area contributed by atoms with Crippen molar-refractivity contribution in [2.24, 2.45) is 0 Å². The Balaban J connectivity index is 0.000000266. The van der Waals surface area contributed by atoms with Crippen molar-refractivity contribution in [2.45, 2.75) is 29.4 Å². The van der Waals surface area contributed by atoms with Gasteiger partial charge in [0.2, 0.25) is 0 Å². The van der Waals surface area contributed by atoms with Gasteiger partial charge in [0, 0.05) is 63.1 Å². The van der Waals surface area contributed by atoms with E-state index in [9.17, 15) is 43.9 Å². The lowest BCUT2D eigenvalue weighted by molar-refractivity contribution is -0.440. The summed E-state index contributed by atoms with van der Waals surface area (Å²) in [4.78, 5) is 16.1. The molecule has 0 saturated carbocycles. The van der Waals surface area contributed by atoms with E-state index < -0.39 is 45.8 Å². The van der Waals surface area contributed by atoms with Gasteiger partial charge in [-0.05, 0) is 55.0 Å². The Morgan fingerprint density at radius 1 is 0.592 bits per heavy atom. The molecule has 0 N–H and O–H groups in total. The van der Waals surface area contributed by atoms with E-state index in [0.717, 1.165) is 23.5 Å². The number of rotatable bonds is 10. The first-order chi connectivity index (χ1) is 22.8. The van der Waals surface area contributed by atoms with Crippen LogP contribution in [-0.2, 0) is 18.4 Å². The molecule has 266 valence electrons. The van der Waals surface area contributed by atoms with Gasteiger partial charge >= 0.3 is 12.7 Å². The minimum Gasteiger partial charge on any atom is -0.378 e. The molecule has 4 rings (SSSR count). The monoisotopic (exact) mass is 746 g/mol. The summed E-state index contributed by atoms with van der Waals surface area (Å²) < 4.78 is 136. The quantitative estimate of drug-likeness (QED) is 0.0679. The molecule has 0 fully saturated rings. The van der Waals surface area contributed by atoms with Crippen molar-refractivity contribution in [1.82, 2.24) is 9.97 Å². The van der Waals surface area contributed by atoms with Crippen LogP contribution in [0.25, 0.3) is 22.5 Å². The Hall–Kier alpha value is -3.82. The zero-order chi connectivity index (χ0) is 36.7. The molecule has 49 heavy (non-hydrogen) atoms. The Kier molecular flexibility index (Phi) is 13.5. The maximum atomic E-state index is 14.6. The Morgan fingerprint density at radius 3 is 1.51 bits per heavy atom. The molecular weight excluding hydrogens is 722 g/mol. The SMILES string of the molecule is CN(C)c1ccnc(-c2ccc(F)c(SOOC(F)(F)F)c2F)c1.Cc1cc(-c2cc(N(C)C)ccn2)c(F)c(SOOC(F)(F)F)c1F. The molecule has 2 heterocycles. The molecule has 0 unspecified atom stereocenters.